The van der Waals surface area contributed by atoms with E-state index >= 15 is 0 Å². The van der Waals surface area contributed by atoms with E-state index in [4.69, 9.17) is 20.8 Å². The lowest BCUT2D eigenvalue weighted by atomic mass is 9.66. The molecule has 2 nitrogen and oxygen atoms in total. The number of rotatable bonds is 0. The minimum Gasteiger partial charge on any atom is -0.457 e. The fourth-order valence-electron chi connectivity index (χ4n) is 6.10. The van der Waals surface area contributed by atoms with Gasteiger partial charge in [0.2, 0.25) is 0 Å². The summed E-state index contributed by atoms with van der Waals surface area (Å²) in [6, 6.07) is 36.0. The third kappa shape index (κ3) is 2.12. The van der Waals surface area contributed by atoms with Crippen LogP contribution in [-0.2, 0) is 5.41 Å². The lowest BCUT2D eigenvalue weighted by Crippen LogP contribution is -2.32. The topological polar surface area (TPSA) is 22.4 Å². The quantitative estimate of drug-likeness (QED) is 0.227. The highest BCUT2D eigenvalue weighted by Gasteiger charge is 2.51. The number of hydrogen-bond acceptors (Lipinski definition) is 2. The lowest BCUT2D eigenvalue weighted by molar-refractivity contribution is 0.436. The number of fused-ring (bicyclic) bond motifs is 12. The van der Waals surface area contributed by atoms with E-state index in [0.29, 0.717) is 5.02 Å². The minimum absolute atomic E-state index is 0.471. The zero-order valence-corrected chi connectivity index (χ0v) is 18.8. The summed E-state index contributed by atoms with van der Waals surface area (Å²) < 4.78 is 12.7. The molecule has 0 saturated heterocycles. The molecule has 5 aromatic carbocycles. The van der Waals surface area contributed by atoms with Crippen molar-refractivity contribution >= 4 is 33.5 Å². The Morgan fingerprint density at radius 1 is 0.529 bits per heavy atom. The van der Waals surface area contributed by atoms with Crippen LogP contribution >= 0.6 is 11.6 Å². The Kier molecular flexibility index (Phi) is 3.42. The van der Waals surface area contributed by atoms with Gasteiger partial charge in [-0.2, -0.15) is 0 Å². The first-order chi connectivity index (χ1) is 16.7. The molecule has 0 atom stereocenters. The van der Waals surface area contributed by atoms with E-state index in [9.17, 15) is 0 Å². The summed E-state index contributed by atoms with van der Waals surface area (Å²) in [6.45, 7) is 0. The van der Waals surface area contributed by atoms with Crippen LogP contribution in [0.3, 0.4) is 0 Å². The van der Waals surface area contributed by atoms with Gasteiger partial charge in [0.05, 0.1) is 5.41 Å². The van der Waals surface area contributed by atoms with Crippen molar-refractivity contribution in [1.29, 1.82) is 0 Å². The summed E-state index contributed by atoms with van der Waals surface area (Å²) in [4.78, 5) is 0. The van der Waals surface area contributed by atoms with Crippen molar-refractivity contribution in [3.05, 3.63) is 130 Å². The Bertz CT molecular complexity index is 1760. The zero-order chi connectivity index (χ0) is 22.4. The number of furan rings is 1. The monoisotopic (exact) mass is 456 g/mol. The first kappa shape index (κ1) is 18.4. The van der Waals surface area contributed by atoms with Crippen molar-refractivity contribution in [1.82, 2.24) is 0 Å². The van der Waals surface area contributed by atoms with Crippen molar-refractivity contribution in [3.8, 4) is 22.6 Å². The standard InChI is InChI=1S/C31H17ClO2/c32-18-13-14-21-22-16-26-30(17-29(22)34-28(21)15-18)33-27-12-6-5-11-25(27)31(26)23-9-3-1-7-19(23)20-8-2-4-10-24(20)31/h1-17H. The van der Waals surface area contributed by atoms with Crippen LogP contribution in [-0.4, -0.2) is 0 Å². The van der Waals surface area contributed by atoms with E-state index in [2.05, 4.69) is 72.8 Å². The number of para-hydroxylation sites is 1. The summed E-state index contributed by atoms with van der Waals surface area (Å²) in [7, 11) is 0. The summed E-state index contributed by atoms with van der Waals surface area (Å²) in [5.74, 6) is 1.70. The van der Waals surface area contributed by atoms with Gasteiger partial charge in [-0.15, -0.1) is 0 Å². The molecule has 3 heteroatoms. The average molecular weight is 457 g/mol. The highest BCUT2D eigenvalue weighted by Crippen LogP contribution is 2.62. The van der Waals surface area contributed by atoms with E-state index in [-0.39, 0.29) is 0 Å². The predicted octanol–water partition coefficient (Wildman–Crippen LogP) is 8.71. The molecule has 1 aromatic heterocycles. The number of ether oxygens (including phenoxy) is 1. The molecule has 1 aliphatic carbocycles. The second kappa shape index (κ2) is 6.31. The number of benzene rings is 5. The molecule has 0 radical (unpaired) electrons. The van der Waals surface area contributed by atoms with Crippen molar-refractivity contribution in [2.24, 2.45) is 0 Å². The van der Waals surface area contributed by atoms with Crippen molar-refractivity contribution in [2.45, 2.75) is 5.41 Å². The molecule has 1 spiro atoms. The maximum atomic E-state index is 6.54. The van der Waals surface area contributed by atoms with Gasteiger partial charge < -0.3 is 9.15 Å². The molecule has 0 saturated carbocycles. The predicted molar refractivity (Wildman–Crippen MR) is 136 cm³/mol. The van der Waals surface area contributed by atoms with E-state index < -0.39 is 5.41 Å². The second-order valence-electron chi connectivity index (χ2n) is 9.03. The third-order valence-electron chi connectivity index (χ3n) is 7.40. The Hall–Kier alpha value is -4.01. The van der Waals surface area contributed by atoms with Gasteiger partial charge in [-0.3, -0.25) is 0 Å². The molecule has 1 aliphatic heterocycles. The van der Waals surface area contributed by atoms with Crippen molar-refractivity contribution in [3.63, 3.8) is 0 Å². The molecule has 0 N–H and O–H groups in total. The molecule has 160 valence electrons. The van der Waals surface area contributed by atoms with Gasteiger partial charge in [-0.05, 0) is 46.5 Å². The van der Waals surface area contributed by atoms with Crippen LogP contribution < -0.4 is 4.74 Å². The third-order valence-corrected chi connectivity index (χ3v) is 7.64. The summed E-state index contributed by atoms with van der Waals surface area (Å²) in [5, 5.41) is 2.78. The molecule has 8 rings (SSSR count). The van der Waals surface area contributed by atoms with Gasteiger partial charge in [0.25, 0.3) is 0 Å². The van der Waals surface area contributed by atoms with Crippen LogP contribution in [0.2, 0.25) is 5.02 Å². The lowest BCUT2D eigenvalue weighted by Gasteiger charge is -2.39. The van der Waals surface area contributed by atoms with Gasteiger partial charge >= 0.3 is 0 Å². The van der Waals surface area contributed by atoms with E-state index in [0.717, 1.165) is 44.6 Å². The van der Waals surface area contributed by atoms with Crippen LogP contribution in [0.4, 0.5) is 0 Å². The largest absolute Gasteiger partial charge is 0.457 e. The van der Waals surface area contributed by atoms with Crippen LogP contribution in [0.15, 0.2) is 108 Å². The smallest absolute Gasteiger partial charge is 0.139 e. The molecule has 0 amide bonds. The second-order valence-corrected chi connectivity index (χ2v) is 9.46. The van der Waals surface area contributed by atoms with Crippen molar-refractivity contribution < 1.29 is 9.15 Å². The van der Waals surface area contributed by atoms with Gasteiger partial charge in [0.15, 0.2) is 0 Å². The summed E-state index contributed by atoms with van der Waals surface area (Å²) in [6.07, 6.45) is 0. The molecular weight excluding hydrogens is 440 g/mol. The maximum Gasteiger partial charge on any atom is 0.139 e. The Balaban J connectivity index is 1.58. The SMILES string of the molecule is Clc1ccc2c(c1)oc1cc3c(cc12)C1(c2ccccc2O3)c2ccccc2-c2ccccc21. The van der Waals surface area contributed by atoms with Gasteiger partial charge in [0, 0.05) is 39.1 Å². The number of hydrogen-bond donors (Lipinski definition) is 0. The molecule has 0 unspecified atom stereocenters. The highest BCUT2D eigenvalue weighted by molar-refractivity contribution is 6.31. The Morgan fingerprint density at radius 2 is 1.18 bits per heavy atom. The maximum absolute atomic E-state index is 6.54. The first-order valence-corrected chi connectivity index (χ1v) is 11.8. The molecule has 0 bridgehead atoms. The molecule has 34 heavy (non-hydrogen) atoms. The molecule has 6 aromatic rings. The summed E-state index contributed by atoms with van der Waals surface area (Å²) >= 11 is 6.26. The molecule has 0 fully saturated rings. The van der Waals surface area contributed by atoms with Crippen LogP contribution in [0.5, 0.6) is 11.5 Å². The van der Waals surface area contributed by atoms with E-state index in [1.54, 1.807) is 0 Å². The van der Waals surface area contributed by atoms with Gasteiger partial charge in [-0.1, -0.05) is 78.3 Å². The zero-order valence-electron chi connectivity index (χ0n) is 18.0. The molecule has 2 aliphatic rings. The fourth-order valence-corrected chi connectivity index (χ4v) is 6.26. The number of halogens is 1. The minimum atomic E-state index is -0.471. The fraction of sp³-hybridized carbons (Fsp3) is 0.0323. The normalized spacial score (nSPS) is 14.5. The van der Waals surface area contributed by atoms with Gasteiger partial charge in [-0.25, -0.2) is 0 Å². The molecule has 2 heterocycles. The van der Waals surface area contributed by atoms with Crippen LogP contribution in [0.25, 0.3) is 33.1 Å². The van der Waals surface area contributed by atoms with Crippen LogP contribution in [0.1, 0.15) is 22.3 Å². The highest BCUT2D eigenvalue weighted by atomic mass is 35.5. The Morgan fingerprint density at radius 3 is 1.94 bits per heavy atom. The first-order valence-electron chi connectivity index (χ1n) is 11.4. The average Bonchev–Trinajstić information content (AvgIpc) is 3.36. The Labute approximate surface area is 201 Å². The molecular formula is C31H17ClO2. The van der Waals surface area contributed by atoms with E-state index in [1.165, 1.54) is 22.3 Å². The summed E-state index contributed by atoms with van der Waals surface area (Å²) in [5.41, 5.74) is 8.50. The van der Waals surface area contributed by atoms with Crippen molar-refractivity contribution in [2.75, 3.05) is 0 Å². The van der Waals surface area contributed by atoms with Crippen LogP contribution in [0, 0.1) is 0 Å². The van der Waals surface area contributed by atoms with Gasteiger partial charge in [0.1, 0.15) is 22.7 Å². The van der Waals surface area contributed by atoms with E-state index in [1.807, 2.05) is 30.3 Å².